The van der Waals surface area contributed by atoms with Gasteiger partial charge < -0.3 is 19.4 Å². The minimum atomic E-state index is -0.109. The highest BCUT2D eigenvalue weighted by atomic mass is 16.6. The first-order valence-electron chi connectivity index (χ1n) is 12.2. The number of hydrogen-bond donors (Lipinski definition) is 1. The lowest BCUT2D eigenvalue weighted by molar-refractivity contribution is -0.124. The molecule has 5 fully saturated rings. The molecular formula is C26H32N2O4. The largest absolute Gasteiger partial charge is 0.376 e. The zero-order chi connectivity index (χ0) is 21.7. The summed E-state index contributed by atoms with van der Waals surface area (Å²) >= 11 is 0. The Bertz CT molecular complexity index is 1050. The highest BCUT2D eigenvalue weighted by molar-refractivity contribution is 6.02. The van der Waals surface area contributed by atoms with Crippen molar-refractivity contribution in [2.75, 3.05) is 25.1 Å². The third-order valence-corrected chi connectivity index (χ3v) is 8.28. The fourth-order valence-electron chi connectivity index (χ4n) is 7.47. The Balaban J connectivity index is 1.20. The Morgan fingerprint density at radius 2 is 1.78 bits per heavy atom. The van der Waals surface area contributed by atoms with E-state index in [1.54, 1.807) is 10.8 Å². The van der Waals surface area contributed by atoms with Crippen LogP contribution in [-0.4, -0.2) is 36.4 Å². The molecular weight excluding hydrogens is 404 g/mol. The molecule has 6 nitrogen and oxygen atoms in total. The summed E-state index contributed by atoms with van der Waals surface area (Å²) in [7, 11) is 0. The van der Waals surface area contributed by atoms with Gasteiger partial charge in [-0.25, -0.2) is 0 Å². The molecule has 1 unspecified atom stereocenters. The van der Waals surface area contributed by atoms with Crippen LogP contribution in [0.15, 0.2) is 35.3 Å². The van der Waals surface area contributed by atoms with Crippen LogP contribution in [0.25, 0.3) is 10.8 Å². The van der Waals surface area contributed by atoms with Gasteiger partial charge in [0.25, 0.3) is 5.56 Å². The normalized spacial score (nSPS) is 33.5. The summed E-state index contributed by atoms with van der Waals surface area (Å²) in [5.74, 6) is 2.60. The van der Waals surface area contributed by atoms with Crippen molar-refractivity contribution in [2.45, 2.75) is 57.6 Å². The fraction of sp³-hybridized carbons (Fsp3) is 0.615. The van der Waals surface area contributed by atoms with Gasteiger partial charge in [0.2, 0.25) is 5.91 Å². The summed E-state index contributed by atoms with van der Waals surface area (Å²) < 4.78 is 12.8. The van der Waals surface area contributed by atoms with E-state index in [0.717, 1.165) is 28.8 Å². The van der Waals surface area contributed by atoms with Crippen molar-refractivity contribution >= 4 is 22.4 Å². The molecule has 4 saturated carbocycles. The van der Waals surface area contributed by atoms with Crippen LogP contribution in [0.4, 0.5) is 5.69 Å². The second-order valence-corrected chi connectivity index (χ2v) is 10.8. The van der Waals surface area contributed by atoms with E-state index in [1.165, 1.54) is 38.5 Å². The summed E-state index contributed by atoms with van der Waals surface area (Å²) in [5, 5.41) is 4.58. The zero-order valence-electron chi connectivity index (χ0n) is 18.6. The molecule has 1 saturated heterocycles. The molecule has 1 N–H and O–H groups in total. The van der Waals surface area contributed by atoms with E-state index >= 15 is 0 Å². The summed E-state index contributed by atoms with van der Waals surface area (Å²) in [5.41, 5.74) is 0.880. The quantitative estimate of drug-likeness (QED) is 0.770. The smallest absolute Gasteiger partial charge is 0.258 e. The number of ether oxygens (including phenoxy) is 2. The Labute approximate surface area is 188 Å². The number of carbonyl (C=O) groups excluding carboxylic acids is 1. The molecule has 2 heterocycles. The molecule has 32 heavy (non-hydrogen) atoms. The van der Waals surface area contributed by atoms with Gasteiger partial charge in [-0.3, -0.25) is 9.59 Å². The molecule has 4 bridgehead atoms. The standard InChI is InChI=1S/C26H32N2O4/c29-24(14-26-11-17-8-18(12-26)10-19(9-17)13-26)27-23-3-1-2-22-21(23)4-5-28(25(22)30)15-20-16-31-6-7-32-20/h1-5,17-20H,6-16H2,(H,27,29). The highest BCUT2D eigenvalue weighted by Gasteiger charge is 2.51. The Morgan fingerprint density at radius 1 is 1.03 bits per heavy atom. The molecule has 1 aromatic carbocycles. The lowest BCUT2D eigenvalue weighted by Crippen LogP contribution is -2.47. The van der Waals surface area contributed by atoms with Gasteiger partial charge in [0.15, 0.2) is 0 Å². The van der Waals surface area contributed by atoms with Crippen molar-refractivity contribution in [3.05, 3.63) is 40.8 Å². The van der Waals surface area contributed by atoms with Crippen molar-refractivity contribution < 1.29 is 14.3 Å². The molecule has 1 aromatic heterocycles. The highest BCUT2D eigenvalue weighted by Crippen LogP contribution is 2.61. The van der Waals surface area contributed by atoms with Crippen molar-refractivity contribution in [3.8, 4) is 0 Å². The number of nitrogens with one attached hydrogen (secondary N) is 1. The van der Waals surface area contributed by atoms with E-state index in [1.807, 2.05) is 24.3 Å². The number of benzene rings is 1. The van der Waals surface area contributed by atoms with E-state index in [-0.39, 0.29) is 23.0 Å². The van der Waals surface area contributed by atoms with Crippen LogP contribution in [0.5, 0.6) is 0 Å². The number of fused-ring (bicyclic) bond motifs is 1. The summed E-state index contributed by atoms with van der Waals surface area (Å²) in [6, 6.07) is 7.53. The first-order chi connectivity index (χ1) is 15.6. The number of hydrogen-bond acceptors (Lipinski definition) is 4. The maximum absolute atomic E-state index is 13.1. The number of amides is 1. The fourth-order valence-corrected chi connectivity index (χ4v) is 7.47. The molecule has 7 rings (SSSR count). The van der Waals surface area contributed by atoms with E-state index in [0.29, 0.717) is 38.2 Å². The average molecular weight is 437 g/mol. The van der Waals surface area contributed by atoms with Gasteiger partial charge in [-0.1, -0.05) is 6.07 Å². The van der Waals surface area contributed by atoms with E-state index in [4.69, 9.17) is 9.47 Å². The first kappa shape index (κ1) is 20.4. The number of pyridine rings is 1. The van der Waals surface area contributed by atoms with E-state index in [2.05, 4.69) is 5.32 Å². The first-order valence-corrected chi connectivity index (χ1v) is 12.2. The predicted molar refractivity (Wildman–Crippen MR) is 123 cm³/mol. The summed E-state index contributed by atoms with van der Waals surface area (Å²) in [4.78, 5) is 26.2. The maximum atomic E-state index is 13.1. The molecule has 170 valence electrons. The third kappa shape index (κ3) is 3.77. The number of carbonyl (C=O) groups is 1. The molecule has 0 spiro atoms. The van der Waals surface area contributed by atoms with E-state index in [9.17, 15) is 9.59 Å². The second kappa shape index (κ2) is 7.99. The van der Waals surface area contributed by atoms with Crippen molar-refractivity contribution in [1.82, 2.24) is 4.57 Å². The number of nitrogens with zero attached hydrogens (tertiary/aromatic N) is 1. The monoisotopic (exact) mass is 436 g/mol. The maximum Gasteiger partial charge on any atom is 0.258 e. The van der Waals surface area contributed by atoms with Gasteiger partial charge in [-0.15, -0.1) is 0 Å². The lowest BCUT2D eigenvalue weighted by Gasteiger charge is -2.56. The minimum Gasteiger partial charge on any atom is -0.376 e. The van der Waals surface area contributed by atoms with Crippen molar-refractivity contribution in [2.24, 2.45) is 23.2 Å². The van der Waals surface area contributed by atoms with Gasteiger partial charge in [-0.05, 0) is 79.9 Å². The van der Waals surface area contributed by atoms with Crippen LogP contribution in [0.1, 0.15) is 44.9 Å². The number of rotatable bonds is 5. The Hall–Kier alpha value is -2.18. The molecule has 1 atom stereocenters. The van der Waals surface area contributed by atoms with Crippen LogP contribution in [-0.2, 0) is 20.8 Å². The molecule has 1 aliphatic heterocycles. The van der Waals surface area contributed by atoms with Crippen LogP contribution in [0.2, 0.25) is 0 Å². The second-order valence-electron chi connectivity index (χ2n) is 10.8. The molecule has 6 heteroatoms. The predicted octanol–water partition coefficient (Wildman–Crippen LogP) is 3.96. The molecule has 0 radical (unpaired) electrons. The van der Waals surface area contributed by atoms with Gasteiger partial charge >= 0.3 is 0 Å². The Kier molecular flexibility index (Phi) is 5.10. The zero-order valence-corrected chi connectivity index (χ0v) is 18.6. The lowest BCUT2D eigenvalue weighted by atomic mass is 9.49. The number of aromatic nitrogens is 1. The van der Waals surface area contributed by atoms with Crippen LogP contribution in [0, 0.1) is 23.2 Å². The summed E-state index contributed by atoms with van der Waals surface area (Å²) in [6.07, 6.45) is 10.1. The van der Waals surface area contributed by atoms with Gasteiger partial charge in [0.05, 0.1) is 32.5 Å². The van der Waals surface area contributed by atoms with Crippen LogP contribution in [0.3, 0.4) is 0 Å². The van der Waals surface area contributed by atoms with Crippen molar-refractivity contribution in [3.63, 3.8) is 0 Å². The van der Waals surface area contributed by atoms with E-state index < -0.39 is 0 Å². The molecule has 1 amide bonds. The van der Waals surface area contributed by atoms with Crippen LogP contribution >= 0.6 is 0 Å². The number of anilines is 1. The minimum absolute atomic E-state index is 0.0612. The SMILES string of the molecule is O=C(CC12CC3CC(CC(C3)C1)C2)Nc1cccc2c(=O)n(CC3COCCO3)ccc12. The third-order valence-electron chi connectivity index (χ3n) is 8.28. The van der Waals surface area contributed by atoms with Gasteiger partial charge in [-0.2, -0.15) is 0 Å². The molecule has 5 aliphatic rings. The van der Waals surface area contributed by atoms with Gasteiger partial charge in [0.1, 0.15) is 0 Å². The average Bonchev–Trinajstić information content (AvgIpc) is 2.75. The molecule has 4 aliphatic carbocycles. The molecule has 2 aromatic rings. The Morgan fingerprint density at radius 3 is 2.47 bits per heavy atom. The summed E-state index contributed by atoms with van der Waals surface area (Å²) in [6.45, 7) is 2.14. The van der Waals surface area contributed by atoms with Gasteiger partial charge in [0, 0.05) is 29.1 Å². The topological polar surface area (TPSA) is 69.6 Å². The van der Waals surface area contributed by atoms with Crippen molar-refractivity contribution in [1.29, 1.82) is 0 Å². The van der Waals surface area contributed by atoms with Crippen LogP contribution < -0.4 is 10.9 Å².